The molecule has 2 unspecified atom stereocenters. The van der Waals surface area contributed by atoms with Crippen molar-refractivity contribution in [2.24, 2.45) is 11.8 Å². The number of para-hydroxylation sites is 2. The number of amides is 1. The Kier molecular flexibility index (Phi) is 5.07. The van der Waals surface area contributed by atoms with E-state index in [-0.39, 0.29) is 29.9 Å². The summed E-state index contributed by atoms with van der Waals surface area (Å²) in [7, 11) is 0. The van der Waals surface area contributed by atoms with E-state index in [0.717, 1.165) is 29.8 Å². The van der Waals surface area contributed by atoms with Gasteiger partial charge in [0.25, 0.3) is 0 Å². The number of nitrogens with zero attached hydrogens (tertiary/aromatic N) is 1. The van der Waals surface area contributed by atoms with Gasteiger partial charge < -0.3 is 15.0 Å². The lowest BCUT2D eigenvalue weighted by molar-refractivity contribution is -0.142. The second kappa shape index (κ2) is 7.66. The summed E-state index contributed by atoms with van der Waals surface area (Å²) in [6.45, 7) is 3.35. The van der Waals surface area contributed by atoms with E-state index >= 15 is 0 Å². The molecule has 0 saturated heterocycles. The predicted molar refractivity (Wildman–Crippen MR) is 109 cm³/mol. The number of hydrogen-bond donors (Lipinski definition) is 1. The van der Waals surface area contributed by atoms with Gasteiger partial charge >= 0.3 is 5.97 Å². The van der Waals surface area contributed by atoms with E-state index in [1.165, 1.54) is 6.92 Å². The zero-order chi connectivity index (χ0) is 19.7. The molecule has 1 N–H and O–H groups in total. The first kappa shape index (κ1) is 18.5. The second-order valence-electron chi connectivity index (χ2n) is 7.73. The molecule has 1 saturated carbocycles. The van der Waals surface area contributed by atoms with Gasteiger partial charge in [0.05, 0.1) is 12.6 Å². The maximum Gasteiger partial charge on any atom is 0.302 e. The molecule has 1 aliphatic carbocycles. The number of rotatable bonds is 5. The number of ether oxygens (including phenoxy) is 1. The van der Waals surface area contributed by atoms with Crippen LogP contribution in [-0.2, 0) is 14.3 Å². The Morgan fingerprint density at radius 2 is 1.71 bits per heavy atom. The number of carbonyl (C=O) groups is 2. The van der Waals surface area contributed by atoms with Gasteiger partial charge in [-0.2, -0.15) is 0 Å². The van der Waals surface area contributed by atoms with Crippen molar-refractivity contribution in [1.82, 2.24) is 0 Å². The number of carbonyl (C=O) groups excluding carboxylic acids is 2. The Hall–Kier alpha value is -2.82. The van der Waals surface area contributed by atoms with E-state index in [1.807, 2.05) is 53.4 Å². The molecule has 1 heterocycles. The molecule has 0 bridgehead atoms. The molecule has 1 fully saturated rings. The molecule has 1 amide bonds. The van der Waals surface area contributed by atoms with Gasteiger partial charge in [-0.15, -0.1) is 0 Å². The predicted octanol–water partition coefficient (Wildman–Crippen LogP) is 4.16. The highest BCUT2D eigenvalue weighted by atomic mass is 16.5. The van der Waals surface area contributed by atoms with E-state index in [4.69, 9.17) is 4.74 Å². The van der Waals surface area contributed by atoms with Crippen molar-refractivity contribution in [2.45, 2.75) is 38.8 Å². The van der Waals surface area contributed by atoms with Crippen LogP contribution in [0.25, 0.3) is 0 Å². The van der Waals surface area contributed by atoms with Crippen molar-refractivity contribution in [3.8, 4) is 0 Å². The first-order valence-corrected chi connectivity index (χ1v) is 9.90. The van der Waals surface area contributed by atoms with Gasteiger partial charge in [-0.05, 0) is 42.5 Å². The van der Waals surface area contributed by atoms with Crippen LogP contribution in [0.4, 0.5) is 11.4 Å². The Labute approximate surface area is 165 Å². The minimum absolute atomic E-state index is 0.0181. The fourth-order valence-electron chi connectivity index (χ4n) is 4.43. The Morgan fingerprint density at radius 1 is 1.04 bits per heavy atom. The molecule has 1 aliphatic heterocycles. The summed E-state index contributed by atoms with van der Waals surface area (Å²) in [5.74, 6) is 0.171. The molecular weight excluding hydrogens is 352 g/mol. The van der Waals surface area contributed by atoms with Crippen molar-refractivity contribution in [3.05, 3.63) is 60.2 Å². The van der Waals surface area contributed by atoms with Crippen LogP contribution in [0.5, 0.6) is 0 Å². The number of benzene rings is 2. The highest BCUT2D eigenvalue weighted by Crippen LogP contribution is 2.50. The third kappa shape index (κ3) is 3.61. The maximum absolute atomic E-state index is 12.7. The summed E-state index contributed by atoms with van der Waals surface area (Å²) < 4.78 is 5.48. The van der Waals surface area contributed by atoms with E-state index in [1.54, 1.807) is 6.92 Å². The number of nitrogens with one attached hydrogen (secondary N) is 1. The van der Waals surface area contributed by atoms with Gasteiger partial charge in [0, 0.05) is 37.2 Å². The van der Waals surface area contributed by atoms with Crippen LogP contribution in [0.1, 0.15) is 38.3 Å². The van der Waals surface area contributed by atoms with Crippen LogP contribution in [0.3, 0.4) is 0 Å². The maximum atomic E-state index is 12.7. The molecule has 5 heteroatoms. The lowest BCUT2D eigenvalue weighted by Crippen LogP contribution is -2.53. The molecule has 4 rings (SSSR count). The molecular formula is C23H26N2O3. The molecule has 28 heavy (non-hydrogen) atoms. The van der Waals surface area contributed by atoms with Crippen molar-refractivity contribution < 1.29 is 14.3 Å². The average molecular weight is 378 g/mol. The minimum atomic E-state index is -0.291. The number of hydrogen-bond acceptors (Lipinski definition) is 4. The quantitative estimate of drug-likeness (QED) is 0.794. The molecule has 2 aromatic rings. The lowest BCUT2D eigenvalue weighted by atomic mass is 9.79. The molecule has 0 spiro atoms. The second-order valence-corrected chi connectivity index (χ2v) is 7.73. The largest absolute Gasteiger partial charge is 0.465 e. The van der Waals surface area contributed by atoms with E-state index in [2.05, 4.69) is 11.4 Å². The van der Waals surface area contributed by atoms with Gasteiger partial charge in [-0.1, -0.05) is 36.4 Å². The fourth-order valence-corrected chi connectivity index (χ4v) is 4.43. The van der Waals surface area contributed by atoms with Crippen LogP contribution in [0.2, 0.25) is 0 Å². The summed E-state index contributed by atoms with van der Waals surface area (Å²) in [4.78, 5) is 26.2. The Bertz CT molecular complexity index is 863. The SMILES string of the molecule is CC(=O)OC[C@@H]1C(Nc2ccccc2)c2ccccc2N(C(C)=O)C1C1CC1. The van der Waals surface area contributed by atoms with Gasteiger partial charge in [-0.25, -0.2) is 0 Å². The van der Waals surface area contributed by atoms with E-state index < -0.39 is 0 Å². The smallest absolute Gasteiger partial charge is 0.302 e. The van der Waals surface area contributed by atoms with Gasteiger partial charge in [0.1, 0.15) is 0 Å². The van der Waals surface area contributed by atoms with Crippen molar-refractivity contribution in [1.29, 1.82) is 0 Å². The van der Waals surface area contributed by atoms with Gasteiger partial charge in [-0.3, -0.25) is 9.59 Å². The summed E-state index contributed by atoms with van der Waals surface area (Å²) in [6.07, 6.45) is 2.20. The number of fused-ring (bicyclic) bond motifs is 1. The van der Waals surface area contributed by atoms with Crippen molar-refractivity contribution >= 4 is 23.3 Å². The van der Waals surface area contributed by atoms with Crippen LogP contribution in [0.15, 0.2) is 54.6 Å². The zero-order valence-electron chi connectivity index (χ0n) is 16.3. The van der Waals surface area contributed by atoms with Crippen LogP contribution >= 0.6 is 0 Å². The summed E-state index contributed by atoms with van der Waals surface area (Å²) in [5, 5.41) is 3.65. The first-order chi connectivity index (χ1) is 13.6. The fraction of sp³-hybridized carbons (Fsp3) is 0.391. The third-order valence-electron chi connectivity index (χ3n) is 5.72. The topological polar surface area (TPSA) is 58.6 Å². The molecule has 0 radical (unpaired) electrons. The number of anilines is 2. The molecule has 2 aliphatic rings. The molecule has 3 atom stereocenters. The molecule has 2 aromatic carbocycles. The van der Waals surface area contributed by atoms with Crippen LogP contribution in [-0.4, -0.2) is 24.5 Å². The summed E-state index contributed by atoms with van der Waals surface area (Å²) in [6, 6.07) is 18.1. The third-order valence-corrected chi connectivity index (χ3v) is 5.72. The average Bonchev–Trinajstić information content (AvgIpc) is 3.52. The van der Waals surface area contributed by atoms with Crippen LogP contribution < -0.4 is 10.2 Å². The Morgan fingerprint density at radius 3 is 2.36 bits per heavy atom. The lowest BCUT2D eigenvalue weighted by Gasteiger charge is -2.46. The minimum Gasteiger partial charge on any atom is -0.465 e. The monoisotopic (exact) mass is 378 g/mol. The van der Waals surface area contributed by atoms with Crippen molar-refractivity contribution in [2.75, 3.05) is 16.8 Å². The van der Waals surface area contributed by atoms with E-state index in [0.29, 0.717) is 12.5 Å². The van der Waals surface area contributed by atoms with Crippen LogP contribution in [0, 0.1) is 11.8 Å². The van der Waals surface area contributed by atoms with E-state index in [9.17, 15) is 9.59 Å². The summed E-state index contributed by atoms with van der Waals surface area (Å²) in [5.41, 5.74) is 3.04. The normalized spacial score (nSPS) is 23.6. The Balaban J connectivity index is 1.79. The summed E-state index contributed by atoms with van der Waals surface area (Å²) >= 11 is 0. The zero-order valence-corrected chi connectivity index (χ0v) is 16.3. The van der Waals surface area contributed by atoms with Gasteiger partial charge in [0.2, 0.25) is 5.91 Å². The van der Waals surface area contributed by atoms with Gasteiger partial charge in [0.15, 0.2) is 0 Å². The highest BCUT2D eigenvalue weighted by molar-refractivity contribution is 5.94. The molecule has 0 aromatic heterocycles. The highest BCUT2D eigenvalue weighted by Gasteiger charge is 2.49. The molecule has 5 nitrogen and oxygen atoms in total. The first-order valence-electron chi connectivity index (χ1n) is 9.90. The standard InChI is InChI=1S/C23H26N2O3/c1-15(26)25-21-11-7-6-10-19(21)22(24-18-8-4-3-5-9-18)20(14-28-16(2)27)23(25)17-12-13-17/h3-11,17,20,22-24H,12-14H2,1-2H3/t20-,22?,23?/m1/s1. The van der Waals surface area contributed by atoms with Crippen molar-refractivity contribution in [3.63, 3.8) is 0 Å². The molecule has 146 valence electrons. The number of esters is 1.